The fraction of sp³-hybridized carbons (Fsp3) is 0.529. The Morgan fingerprint density at radius 2 is 1.71 bits per heavy atom. The number of carbonyl (C=O) groups is 2. The maximum Gasteiger partial charge on any atom is 0.237 e. The van der Waals surface area contributed by atoms with E-state index in [1.54, 1.807) is 13.8 Å². The van der Waals surface area contributed by atoms with Gasteiger partial charge in [-0.2, -0.15) is 0 Å². The van der Waals surface area contributed by atoms with Crippen LogP contribution >= 0.6 is 0 Å². The third kappa shape index (κ3) is 3.84. The molecular formula is C17H24N2O2. The van der Waals surface area contributed by atoms with Crippen molar-refractivity contribution < 1.29 is 9.59 Å². The van der Waals surface area contributed by atoms with Crippen molar-refractivity contribution in [3.8, 4) is 0 Å². The number of hydrogen-bond donors (Lipinski definition) is 1. The van der Waals surface area contributed by atoms with Crippen LogP contribution < -0.4 is 5.32 Å². The van der Waals surface area contributed by atoms with E-state index < -0.39 is 5.41 Å². The van der Waals surface area contributed by atoms with Gasteiger partial charge in [0.1, 0.15) is 5.41 Å². The first-order valence-electron chi connectivity index (χ1n) is 7.63. The minimum atomic E-state index is -1.01. The van der Waals surface area contributed by atoms with Crippen molar-refractivity contribution in [1.29, 1.82) is 0 Å². The van der Waals surface area contributed by atoms with Crippen LogP contribution in [0.3, 0.4) is 0 Å². The van der Waals surface area contributed by atoms with Gasteiger partial charge in [0.25, 0.3) is 0 Å². The summed E-state index contributed by atoms with van der Waals surface area (Å²) >= 11 is 0. The minimum absolute atomic E-state index is 0.0623. The van der Waals surface area contributed by atoms with Crippen molar-refractivity contribution in [3.63, 3.8) is 0 Å². The predicted octanol–water partition coefficient (Wildman–Crippen LogP) is 2.34. The van der Waals surface area contributed by atoms with Gasteiger partial charge in [0, 0.05) is 19.6 Å². The summed E-state index contributed by atoms with van der Waals surface area (Å²) in [6.45, 7) is 5.42. The van der Waals surface area contributed by atoms with Crippen molar-refractivity contribution in [2.24, 2.45) is 5.41 Å². The normalized spacial score (nSPS) is 15.6. The summed E-state index contributed by atoms with van der Waals surface area (Å²) in [5.74, 6) is -0.269. The van der Waals surface area contributed by atoms with Crippen molar-refractivity contribution >= 4 is 11.8 Å². The van der Waals surface area contributed by atoms with E-state index in [2.05, 4.69) is 5.32 Å². The summed E-state index contributed by atoms with van der Waals surface area (Å²) < 4.78 is 0. The number of piperidine rings is 1. The molecule has 0 aliphatic carbocycles. The molecule has 1 N–H and O–H groups in total. The summed E-state index contributed by atoms with van der Waals surface area (Å²) in [4.78, 5) is 26.7. The lowest BCUT2D eigenvalue weighted by Gasteiger charge is -2.33. The molecule has 0 atom stereocenters. The molecule has 0 spiro atoms. The highest BCUT2D eigenvalue weighted by molar-refractivity contribution is 6.04. The summed E-state index contributed by atoms with van der Waals surface area (Å²) in [5, 5.41) is 2.87. The van der Waals surface area contributed by atoms with E-state index in [1.165, 1.54) is 6.42 Å². The summed E-state index contributed by atoms with van der Waals surface area (Å²) in [6.07, 6.45) is 3.24. The van der Waals surface area contributed by atoms with Gasteiger partial charge in [-0.25, -0.2) is 0 Å². The van der Waals surface area contributed by atoms with Gasteiger partial charge in [-0.3, -0.25) is 9.59 Å². The number of hydrogen-bond acceptors (Lipinski definition) is 2. The summed E-state index contributed by atoms with van der Waals surface area (Å²) in [7, 11) is 0. The highest BCUT2D eigenvalue weighted by Gasteiger charge is 2.39. The van der Waals surface area contributed by atoms with E-state index in [0.717, 1.165) is 31.5 Å². The molecule has 0 bridgehead atoms. The van der Waals surface area contributed by atoms with Gasteiger partial charge in [-0.05, 0) is 38.7 Å². The molecule has 1 saturated heterocycles. The van der Waals surface area contributed by atoms with Gasteiger partial charge in [0.2, 0.25) is 11.8 Å². The first-order chi connectivity index (χ1) is 10.0. The van der Waals surface area contributed by atoms with Gasteiger partial charge in [0.05, 0.1) is 0 Å². The minimum Gasteiger partial charge on any atom is -0.351 e. The fourth-order valence-electron chi connectivity index (χ4n) is 2.59. The van der Waals surface area contributed by atoms with E-state index in [0.29, 0.717) is 6.54 Å². The first-order valence-corrected chi connectivity index (χ1v) is 7.63. The van der Waals surface area contributed by atoms with Crippen LogP contribution in [0.4, 0.5) is 0 Å². The highest BCUT2D eigenvalue weighted by atomic mass is 16.2. The number of rotatable bonds is 4. The fourth-order valence-corrected chi connectivity index (χ4v) is 2.59. The van der Waals surface area contributed by atoms with Crippen molar-refractivity contribution in [1.82, 2.24) is 10.2 Å². The van der Waals surface area contributed by atoms with Crippen molar-refractivity contribution in [3.05, 3.63) is 35.9 Å². The zero-order chi connectivity index (χ0) is 15.3. The quantitative estimate of drug-likeness (QED) is 0.865. The topological polar surface area (TPSA) is 49.4 Å². The van der Waals surface area contributed by atoms with E-state index in [1.807, 2.05) is 35.2 Å². The summed E-state index contributed by atoms with van der Waals surface area (Å²) in [6, 6.07) is 9.73. The maximum atomic E-state index is 12.5. The SMILES string of the molecule is CC(C)(C(=O)NCc1ccccc1)C(=O)N1CCCCC1. The molecule has 0 aromatic heterocycles. The monoisotopic (exact) mass is 288 g/mol. The average Bonchev–Trinajstić information content (AvgIpc) is 2.53. The molecule has 21 heavy (non-hydrogen) atoms. The Morgan fingerprint density at radius 3 is 2.33 bits per heavy atom. The number of nitrogens with one attached hydrogen (secondary N) is 1. The second-order valence-corrected chi connectivity index (χ2v) is 6.15. The third-order valence-corrected chi connectivity index (χ3v) is 4.04. The zero-order valence-electron chi connectivity index (χ0n) is 12.9. The Balaban J connectivity index is 1.94. The van der Waals surface area contributed by atoms with Crippen LogP contribution in [0.1, 0.15) is 38.7 Å². The Morgan fingerprint density at radius 1 is 1.10 bits per heavy atom. The molecule has 114 valence electrons. The lowest BCUT2D eigenvalue weighted by molar-refractivity contribution is -0.149. The molecule has 1 heterocycles. The Labute approximate surface area is 126 Å². The van der Waals surface area contributed by atoms with Gasteiger partial charge < -0.3 is 10.2 Å². The molecule has 0 unspecified atom stereocenters. The van der Waals surface area contributed by atoms with Gasteiger partial charge in [-0.15, -0.1) is 0 Å². The molecule has 1 aliphatic rings. The second kappa shape index (κ2) is 6.74. The van der Waals surface area contributed by atoms with Crippen LogP contribution in [-0.2, 0) is 16.1 Å². The number of benzene rings is 1. The van der Waals surface area contributed by atoms with E-state index in [4.69, 9.17) is 0 Å². The molecule has 0 saturated carbocycles. The molecule has 2 amide bonds. The zero-order valence-corrected chi connectivity index (χ0v) is 12.9. The van der Waals surface area contributed by atoms with Crippen LogP contribution in [0.2, 0.25) is 0 Å². The number of carbonyl (C=O) groups excluding carboxylic acids is 2. The molecule has 1 aliphatic heterocycles. The maximum absolute atomic E-state index is 12.5. The molecule has 1 fully saturated rings. The van der Waals surface area contributed by atoms with Crippen LogP contribution in [0.15, 0.2) is 30.3 Å². The standard InChI is InChI=1S/C17H24N2O2/c1-17(2,16(21)19-11-7-4-8-12-19)15(20)18-13-14-9-5-3-6-10-14/h3,5-6,9-10H,4,7-8,11-13H2,1-2H3,(H,18,20). The molecule has 2 rings (SSSR count). The van der Waals surface area contributed by atoms with Crippen LogP contribution in [0.25, 0.3) is 0 Å². The van der Waals surface area contributed by atoms with Crippen LogP contribution in [0, 0.1) is 5.41 Å². The number of amides is 2. The molecule has 4 nitrogen and oxygen atoms in total. The largest absolute Gasteiger partial charge is 0.351 e. The smallest absolute Gasteiger partial charge is 0.237 e. The Bertz CT molecular complexity index is 491. The average molecular weight is 288 g/mol. The molecule has 0 radical (unpaired) electrons. The van der Waals surface area contributed by atoms with Crippen LogP contribution in [-0.4, -0.2) is 29.8 Å². The lowest BCUT2D eigenvalue weighted by atomic mass is 9.89. The van der Waals surface area contributed by atoms with Gasteiger partial charge >= 0.3 is 0 Å². The Kier molecular flexibility index (Phi) is 4.99. The number of likely N-dealkylation sites (tertiary alicyclic amines) is 1. The first kappa shape index (κ1) is 15.5. The van der Waals surface area contributed by atoms with Crippen molar-refractivity contribution in [2.75, 3.05) is 13.1 Å². The van der Waals surface area contributed by atoms with E-state index >= 15 is 0 Å². The van der Waals surface area contributed by atoms with E-state index in [-0.39, 0.29) is 11.8 Å². The predicted molar refractivity (Wildman–Crippen MR) is 82.5 cm³/mol. The molecular weight excluding hydrogens is 264 g/mol. The van der Waals surface area contributed by atoms with Crippen LogP contribution in [0.5, 0.6) is 0 Å². The van der Waals surface area contributed by atoms with E-state index in [9.17, 15) is 9.59 Å². The van der Waals surface area contributed by atoms with Gasteiger partial charge in [0.15, 0.2) is 0 Å². The molecule has 1 aromatic carbocycles. The highest BCUT2D eigenvalue weighted by Crippen LogP contribution is 2.22. The second-order valence-electron chi connectivity index (χ2n) is 6.15. The Hall–Kier alpha value is -1.84. The number of nitrogens with zero attached hydrogens (tertiary/aromatic N) is 1. The lowest BCUT2D eigenvalue weighted by Crippen LogP contribution is -2.50. The summed E-state index contributed by atoms with van der Waals surface area (Å²) in [5.41, 5.74) is 0.0265. The molecule has 4 heteroatoms. The van der Waals surface area contributed by atoms with Gasteiger partial charge in [-0.1, -0.05) is 30.3 Å². The third-order valence-electron chi connectivity index (χ3n) is 4.04. The van der Waals surface area contributed by atoms with Crippen molar-refractivity contribution in [2.45, 2.75) is 39.7 Å². The molecule has 1 aromatic rings.